The molecular weight excluding hydrogens is 289 g/mol. The Morgan fingerprint density at radius 3 is 2.55 bits per heavy atom. The zero-order chi connectivity index (χ0) is 15.7. The van der Waals surface area contributed by atoms with Crippen LogP contribution in [0.25, 0.3) is 11.0 Å². The number of hydrogen-bond acceptors (Lipinski definition) is 4. The molecule has 2 aromatic carbocycles. The number of fused-ring (bicyclic) bond motifs is 1. The van der Waals surface area contributed by atoms with E-state index < -0.39 is 28.7 Å². The lowest BCUT2D eigenvalue weighted by atomic mass is 10.1. The smallest absolute Gasteiger partial charge is 0.353 e. The highest BCUT2D eigenvalue weighted by Crippen LogP contribution is 2.28. The van der Waals surface area contributed by atoms with Gasteiger partial charge in [-0.3, -0.25) is 4.79 Å². The molecule has 1 amide bonds. The Bertz CT molecular complexity index is 919. The lowest BCUT2D eigenvalue weighted by Crippen LogP contribution is -2.21. The number of carbonyl (C=O) groups excluding carboxylic acids is 1. The molecule has 3 aromatic rings. The fourth-order valence-electron chi connectivity index (χ4n) is 2.09. The molecule has 0 aliphatic rings. The predicted molar refractivity (Wildman–Crippen MR) is 78.5 cm³/mol. The maximum Gasteiger partial charge on any atom is 0.353 e. The lowest BCUT2D eigenvalue weighted by molar-refractivity contribution is 0.102. The van der Waals surface area contributed by atoms with E-state index >= 15 is 0 Å². The van der Waals surface area contributed by atoms with Crippen LogP contribution in [0.1, 0.15) is 10.4 Å². The Kier molecular flexibility index (Phi) is 3.34. The summed E-state index contributed by atoms with van der Waals surface area (Å²) in [5.41, 5.74) is -1.61. The standard InChI is InChI=1S/C16H10FNO4/c17-11-8-4-7-10-13(19)12(16(21)22-14(10)11)15(20)18-9-5-2-1-3-6-9/h1-8,19H,(H,18,20). The van der Waals surface area contributed by atoms with E-state index in [1.807, 2.05) is 0 Å². The van der Waals surface area contributed by atoms with Gasteiger partial charge in [0.05, 0.1) is 5.39 Å². The number of anilines is 1. The van der Waals surface area contributed by atoms with E-state index in [1.165, 1.54) is 12.1 Å². The first-order valence-electron chi connectivity index (χ1n) is 6.38. The number of nitrogens with one attached hydrogen (secondary N) is 1. The molecule has 110 valence electrons. The molecule has 0 saturated carbocycles. The third-order valence-electron chi connectivity index (χ3n) is 3.12. The van der Waals surface area contributed by atoms with Gasteiger partial charge >= 0.3 is 5.63 Å². The van der Waals surface area contributed by atoms with Crippen molar-refractivity contribution in [3.63, 3.8) is 0 Å². The SMILES string of the molecule is O=C(Nc1ccccc1)c1c(O)c2cccc(F)c2oc1=O. The van der Waals surface area contributed by atoms with Crippen molar-refractivity contribution in [2.75, 3.05) is 5.32 Å². The highest BCUT2D eigenvalue weighted by Gasteiger charge is 2.22. The van der Waals surface area contributed by atoms with Crippen molar-refractivity contribution in [3.05, 3.63) is 70.3 Å². The van der Waals surface area contributed by atoms with Gasteiger partial charge in [-0.2, -0.15) is 0 Å². The van der Waals surface area contributed by atoms with Gasteiger partial charge in [0, 0.05) is 5.69 Å². The zero-order valence-corrected chi connectivity index (χ0v) is 11.2. The van der Waals surface area contributed by atoms with Crippen LogP contribution in [-0.4, -0.2) is 11.0 Å². The number of para-hydroxylation sites is 2. The Morgan fingerprint density at radius 2 is 1.82 bits per heavy atom. The van der Waals surface area contributed by atoms with Gasteiger partial charge in [-0.1, -0.05) is 24.3 Å². The highest BCUT2D eigenvalue weighted by atomic mass is 19.1. The summed E-state index contributed by atoms with van der Waals surface area (Å²) >= 11 is 0. The van der Waals surface area contributed by atoms with Gasteiger partial charge in [0.25, 0.3) is 5.91 Å². The summed E-state index contributed by atoms with van der Waals surface area (Å²) in [6.07, 6.45) is 0. The minimum atomic E-state index is -1.11. The summed E-state index contributed by atoms with van der Waals surface area (Å²) < 4.78 is 18.4. The summed E-state index contributed by atoms with van der Waals surface area (Å²) in [6.45, 7) is 0. The van der Waals surface area contributed by atoms with E-state index in [0.717, 1.165) is 6.07 Å². The second kappa shape index (κ2) is 5.33. The van der Waals surface area contributed by atoms with Crippen LogP contribution in [0.2, 0.25) is 0 Å². The monoisotopic (exact) mass is 299 g/mol. The molecule has 0 atom stereocenters. The average molecular weight is 299 g/mol. The quantitative estimate of drug-likeness (QED) is 0.713. The molecule has 6 heteroatoms. The fraction of sp³-hybridized carbons (Fsp3) is 0. The Balaban J connectivity index is 2.11. The number of amides is 1. The van der Waals surface area contributed by atoms with Crippen LogP contribution in [-0.2, 0) is 0 Å². The largest absolute Gasteiger partial charge is 0.506 e. The summed E-state index contributed by atoms with van der Waals surface area (Å²) in [6, 6.07) is 12.2. The summed E-state index contributed by atoms with van der Waals surface area (Å²) in [5.74, 6) is -2.23. The summed E-state index contributed by atoms with van der Waals surface area (Å²) in [4.78, 5) is 24.0. The van der Waals surface area contributed by atoms with Crippen molar-refractivity contribution < 1.29 is 18.7 Å². The van der Waals surface area contributed by atoms with E-state index in [2.05, 4.69) is 5.32 Å². The van der Waals surface area contributed by atoms with Gasteiger partial charge in [0.2, 0.25) is 0 Å². The Hall–Kier alpha value is -3.15. The van der Waals surface area contributed by atoms with E-state index in [4.69, 9.17) is 4.42 Å². The first-order valence-corrected chi connectivity index (χ1v) is 6.38. The van der Waals surface area contributed by atoms with Crippen molar-refractivity contribution in [1.29, 1.82) is 0 Å². The number of halogens is 1. The number of aromatic hydroxyl groups is 1. The molecular formula is C16H10FNO4. The van der Waals surface area contributed by atoms with Crippen LogP contribution in [0.15, 0.2) is 57.7 Å². The molecule has 0 saturated heterocycles. The number of carbonyl (C=O) groups is 1. The third kappa shape index (κ3) is 2.31. The molecule has 0 spiro atoms. The van der Waals surface area contributed by atoms with Crippen molar-refractivity contribution >= 4 is 22.6 Å². The fourth-order valence-corrected chi connectivity index (χ4v) is 2.09. The minimum Gasteiger partial charge on any atom is -0.506 e. The molecule has 0 aliphatic carbocycles. The van der Waals surface area contributed by atoms with Crippen LogP contribution in [0, 0.1) is 5.82 Å². The summed E-state index contributed by atoms with van der Waals surface area (Å²) in [5, 5.41) is 12.5. The van der Waals surface area contributed by atoms with Crippen LogP contribution in [0.4, 0.5) is 10.1 Å². The highest BCUT2D eigenvalue weighted by molar-refractivity contribution is 6.08. The van der Waals surface area contributed by atoms with Gasteiger partial charge in [0.15, 0.2) is 17.0 Å². The molecule has 0 fully saturated rings. The topological polar surface area (TPSA) is 79.5 Å². The zero-order valence-electron chi connectivity index (χ0n) is 11.2. The molecule has 5 nitrogen and oxygen atoms in total. The van der Waals surface area contributed by atoms with Gasteiger partial charge in [-0.05, 0) is 24.3 Å². The molecule has 22 heavy (non-hydrogen) atoms. The lowest BCUT2D eigenvalue weighted by Gasteiger charge is -2.07. The third-order valence-corrected chi connectivity index (χ3v) is 3.12. The van der Waals surface area contributed by atoms with Crippen LogP contribution in [0.3, 0.4) is 0 Å². The molecule has 0 radical (unpaired) electrons. The number of benzene rings is 2. The van der Waals surface area contributed by atoms with Crippen molar-refractivity contribution in [2.45, 2.75) is 0 Å². The van der Waals surface area contributed by atoms with E-state index in [9.17, 15) is 19.1 Å². The maximum atomic E-state index is 13.6. The first kappa shape index (κ1) is 13.8. The molecule has 2 N–H and O–H groups in total. The van der Waals surface area contributed by atoms with Gasteiger partial charge in [-0.25, -0.2) is 9.18 Å². The minimum absolute atomic E-state index is 0.0437. The Morgan fingerprint density at radius 1 is 1.09 bits per heavy atom. The number of hydrogen-bond donors (Lipinski definition) is 2. The number of rotatable bonds is 2. The summed E-state index contributed by atoms with van der Waals surface area (Å²) in [7, 11) is 0. The molecule has 0 unspecified atom stereocenters. The Labute approximate surface area is 123 Å². The van der Waals surface area contributed by atoms with Crippen molar-refractivity contribution in [2.24, 2.45) is 0 Å². The van der Waals surface area contributed by atoms with Crippen molar-refractivity contribution in [1.82, 2.24) is 0 Å². The first-order chi connectivity index (χ1) is 10.6. The van der Waals surface area contributed by atoms with Gasteiger partial charge < -0.3 is 14.8 Å². The van der Waals surface area contributed by atoms with Crippen LogP contribution >= 0.6 is 0 Å². The molecule has 0 bridgehead atoms. The van der Waals surface area contributed by atoms with E-state index in [-0.39, 0.29) is 11.0 Å². The second-order valence-corrected chi connectivity index (χ2v) is 4.55. The van der Waals surface area contributed by atoms with E-state index in [0.29, 0.717) is 5.69 Å². The average Bonchev–Trinajstić information content (AvgIpc) is 2.49. The van der Waals surface area contributed by atoms with Crippen LogP contribution < -0.4 is 10.9 Å². The van der Waals surface area contributed by atoms with E-state index in [1.54, 1.807) is 30.3 Å². The normalized spacial score (nSPS) is 10.6. The molecule has 0 aliphatic heterocycles. The molecule has 1 heterocycles. The molecule has 1 aromatic heterocycles. The van der Waals surface area contributed by atoms with Crippen LogP contribution in [0.5, 0.6) is 5.75 Å². The second-order valence-electron chi connectivity index (χ2n) is 4.55. The van der Waals surface area contributed by atoms with Crippen molar-refractivity contribution in [3.8, 4) is 5.75 Å². The van der Waals surface area contributed by atoms with Gasteiger partial charge in [-0.15, -0.1) is 0 Å². The van der Waals surface area contributed by atoms with Gasteiger partial charge in [0.1, 0.15) is 5.75 Å². The maximum absolute atomic E-state index is 13.6. The predicted octanol–water partition coefficient (Wildman–Crippen LogP) is 2.89. The molecule has 3 rings (SSSR count).